The predicted octanol–water partition coefficient (Wildman–Crippen LogP) is 2.71. The Balaban J connectivity index is 2.44. The van der Waals surface area contributed by atoms with E-state index in [9.17, 15) is 14.4 Å². The van der Waals surface area contributed by atoms with E-state index in [0.29, 0.717) is 5.69 Å². The molecule has 0 saturated carbocycles. The van der Waals surface area contributed by atoms with Crippen molar-refractivity contribution in [2.24, 2.45) is 5.41 Å². The molecule has 0 unspecified atom stereocenters. The van der Waals surface area contributed by atoms with Gasteiger partial charge in [-0.25, -0.2) is 0 Å². The van der Waals surface area contributed by atoms with Gasteiger partial charge in [0.05, 0.1) is 6.54 Å². The number of likely N-dealkylation sites (N-methyl/N-ethyl adjacent to an activating group) is 1. The Morgan fingerprint density at radius 1 is 1.20 bits per heavy atom. The molecule has 0 fully saturated rings. The van der Waals surface area contributed by atoms with Gasteiger partial charge in [-0.3, -0.25) is 14.4 Å². The maximum absolute atomic E-state index is 12.1. The molecule has 0 aromatic heterocycles. The number of nitrogens with zero attached hydrogens (tertiary/aromatic N) is 1. The summed E-state index contributed by atoms with van der Waals surface area (Å²) in [6, 6.07) is 5.55. The van der Waals surface area contributed by atoms with E-state index in [1.54, 1.807) is 13.1 Å². The third-order valence-electron chi connectivity index (χ3n) is 3.57. The van der Waals surface area contributed by atoms with Crippen LogP contribution in [0.15, 0.2) is 22.7 Å². The van der Waals surface area contributed by atoms with Crippen molar-refractivity contribution in [2.45, 2.75) is 34.1 Å². The van der Waals surface area contributed by atoms with E-state index in [0.717, 1.165) is 10.0 Å². The molecule has 0 saturated heterocycles. The number of benzene rings is 1. The molecule has 138 valence electrons. The van der Waals surface area contributed by atoms with Crippen LogP contribution in [0, 0.1) is 12.3 Å². The zero-order chi connectivity index (χ0) is 19.2. The van der Waals surface area contributed by atoms with Crippen LogP contribution < -0.4 is 10.6 Å². The molecule has 0 atom stereocenters. The lowest BCUT2D eigenvalue weighted by Crippen LogP contribution is -2.39. The zero-order valence-corrected chi connectivity index (χ0v) is 17.0. The van der Waals surface area contributed by atoms with Crippen molar-refractivity contribution in [1.29, 1.82) is 0 Å². The average Bonchev–Trinajstić information content (AvgIpc) is 2.48. The molecule has 0 heterocycles. The molecule has 1 rings (SSSR count). The highest BCUT2D eigenvalue weighted by molar-refractivity contribution is 9.10. The van der Waals surface area contributed by atoms with Gasteiger partial charge >= 0.3 is 0 Å². The SMILES string of the molecule is Cc1cc(Br)ccc1NC(=O)CN(C)C(=O)CCNC(=O)C(C)(C)C. The van der Waals surface area contributed by atoms with Crippen molar-refractivity contribution in [1.82, 2.24) is 10.2 Å². The Labute approximate surface area is 157 Å². The molecule has 0 bridgehead atoms. The number of anilines is 1. The van der Waals surface area contributed by atoms with Gasteiger partial charge in [0.25, 0.3) is 0 Å². The minimum absolute atomic E-state index is 0.0401. The number of amides is 3. The third kappa shape index (κ3) is 7.25. The summed E-state index contributed by atoms with van der Waals surface area (Å²) in [4.78, 5) is 37.3. The average molecular weight is 412 g/mol. The lowest BCUT2D eigenvalue weighted by molar-refractivity contribution is -0.133. The van der Waals surface area contributed by atoms with E-state index < -0.39 is 5.41 Å². The topological polar surface area (TPSA) is 78.5 Å². The monoisotopic (exact) mass is 411 g/mol. The van der Waals surface area contributed by atoms with E-state index in [4.69, 9.17) is 0 Å². The molecule has 0 radical (unpaired) electrons. The quantitative estimate of drug-likeness (QED) is 0.754. The summed E-state index contributed by atoms with van der Waals surface area (Å²) < 4.78 is 0.938. The first-order valence-electron chi connectivity index (χ1n) is 8.09. The van der Waals surface area contributed by atoms with Gasteiger partial charge in [0, 0.05) is 35.6 Å². The largest absolute Gasteiger partial charge is 0.355 e. The minimum atomic E-state index is -0.489. The highest BCUT2D eigenvalue weighted by Gasteiger charge is 2.21. The van der Waals surface area contributed by atoms with Crippen LogP contribution in [0.5, 0.6) is 0 Å². The Morgan fingerprint density at radius 2 is 1.84 bits per heavy atom. The summed E-state index contributed by atoms with van der Waals surface area (Å²) in [7, 11) is 1.57. The first kappa shape index (κ1) is 21.2. The zero-order valence-electron chi connectivity index (χ0n) is 15.4. The molecule has 6 nitrogen and oxygen atoms in total. The fourth-order valence-electron chi connectivity index (χ4n) is 2.00. The number of hydrogen-bond donors (Lipinski definition) is 2. The van der Waals surface area contributed by atoms with Gasteiger partial charge in [-0.1, -0.05) is 36.7 Å². The molecule has 0 spiro atoms. The first-order valence-corrected chi connectivity index (χ1v) is 8.88. The van der Waals surface area contributed by atoms with Gasteiger partial charge < -0.3 is 15.5 Å². The molecular formula is C18H26BrN3O3. The Morgan fingerprint density at radius 3 is 2.40 bits per heavy atom. The van der Waals surface area contributed by atoms with Crippen molar-refractivity contribution < 1.29 is 14.4 Å². The van der Waals surface area contributed by atoms with Crippen LogP contribution in [-0.4, -0.2) is 42.8 Å². The lowest BCUT2D eigenvalue weighted by atomic mass is 9.96. The maximum Gasteiger partial charge on any atom is 0.243 e. The number of aryl methyl sites for hydroxylation is 1. The van der Waals surface area contributed by atoms with Gasteiger partial charge in [-0.2, -0.15) is 0 Å². The van der Waals surface area contributed by atoms with Crippen LogP contribution in [-0.2, 0) is 14.4 Å². The van der Waals surface area contributed by atoms with Crippen LogP contribution in [0.2, 0.25) is 0 Å². The first-order chi connectivity index (χ1) is 11.5. The molecule has 3 amide bonds. The van der Waals surface area contributed by atoms with Crippen LogP contribution in [0.3, 0.4) is 0 Å². The van der Waals surface area contributed by atoms with Crippen molar-refractivity contribution >= 4 is 39.3 Å². The summed E-state index contributed by atoms with van der Waals surface area (Å²) in [5.41, 5.74) is 1.16. The van der Waals surface area contributed by atoms with Gasteiger partial charge in [0.2, 0.25) is 17.7 Å². The third-order valence-corrected chi connectivity index (χ3v) is 4.07. The molecule has 2 N–H and O–H groups in total. The second kappa shape index (κ2) is 8.99. The smallest absolute Gasteiger partial charge is 0.243 e. The van der Waals surface area contributed by atoms with E-state index >= 15 is 0 Å². The molecule has 1 aromatic carbocycles. The summed E-state index contributed by atoms with van der Waals surface area (Å²) >= 11 is 3.37. The number of hydrogen-bond acceptors (Lipinski definition) is 3. The number of nitrogens with one attached hydrogen (secondary N) is 2. The van der Waals surface area contributed by atoms with Crippen molar-refractivity contribution in [3.8, 4) is 0 Å². The van der Waals surface area contributed by atoms with Crippen molar-refractivity contribution in [3.05, 3.63) is 28.2 Å². The van der Waals surface area contributed by atoms with Crippen molar-refractivity contribution in [2.75, 3.05) is 25.5 Å². The summed E-state index contributed by atoms with van der Waals surface area (Å²) in [5, 5.41) is 5.52. The Kier molecular flexibility index (Phi) is 7.60. The Hall–Kier alpha value is -1.89. The second-order valence-electron chi connectivity index (χ2n) is 7.01. The number of carbonyl (C=O) groups excluding carboxylic acids is 3. The van der Waals surface area contributed by atoms with Gasteiger partial charge in [-0.05, 0) is 30.7 Å². The normalized spacial score (nSPS) is 11.0. The second-order valence-corrected chi connectivity index (χ2v) is 7.93. The molecule has 0 aliphatic heterocycles. The molecule has 1 aromatic rings. The number of rotatable bonds is 6. The lowest BCUT2D eigenvalue weighted by Gasteiger charge is -2.19. The fraction of sp³-hybridized carbons (Fsp3) is 0.500. The van der Waals surface area contributed by atoms with Gasteiger partial charge in [0.15, 0.2) is 0 Å². The maximum atomic E-state index is 12.1. The molecule has 25 heavy (non-hydrogen) atoms. The van der Waals surface area contributed by atoms with Crippen LogP contribution in [0.25, 0.3) is 0 Å². The number of carbonyl (C=O) groups is 3. The Bertz CT molecular complexity index is 653. The van der Waals surface area contributed by atoms with E-state index in [1.165, 1.54) is 4.90 Å². The molecular weight excluding hydrogens is 386 g/mol. The van der Waals surface area contributed by atoms with Crippen LogP contribution >= 0.6 is 15.9 Å². The van der Waals surface area contributed by atoms with E-state index in [1.807, 2.05) is 39.8 Å². The summed E-state index contributed by atoms with van der Waals surface area (Å²) in [5.74, 6) is -0.566. The van der Waals surface area contributed by atoms with E-state index in [-0.39, 0.29) is 37.2 Å². The van der Waals surface area contributed by atoms with Crippen molar-refractivity contribution in [3.63, 3.8) is 0 Å². The molecule has 0 aliphatic rings. The fourth-order valence-corrected chi connectivity index (χ4v) is 2.48. The molecule has 7 heteroatoms. The van der Waals surface area contributed by atoms with Gasteiger partial charge in [0.1, 0.15) is 0 Å². The van der Waals surface area contributed by atoms with Crippen LogP contribution in [0.4, 0.5) is 5.69 Å². The summed E-state index contributed by atoms with van der Waals surface area (Å²) in [6.07, 6.45) is 0.156. The highest BCUT2D eigenvalue weighted by atomic mass is 79.9. The highest BCUT2D eigenvalue weighted by Crippen LogP contribution is 2.19. The van der Waals surface area contributed by atoms with E-state index in [2.05, 4.69) is 26.6 Å². The molecule has 0 aliphatic carbocycles. The standard InChI is InChI=1S/C18H26BrN3O3/c1-12-10-13(19)6-7-14(12)21-15(23)11-22(5)16(24)8-9-20-17(25)18(2,3)4/h6-7,10H,8-9,11H2,1-5H3,(H,20,25)(H,21,23). The summed E-state index contributed by atoms with van der Waals surface area (Å²) in [6.45, 7) is 7.54. The van der Waals surface area contributed by atoms with Crippen LogP contribution in [0.1, 0.15) is 32.8 Å². The number of halogens is 1. The van der Waals surface area contributed by atoms with Gasteiger partial charge in [-0.15, -0.1) is 0 Å². The predicted molar refractivity (Wildman–Crippen MR) is 102 cm³/mol. The minimum Gasteiger partial charge on any atom is -0.355 e.